The Labute approximate surface area is 157 Å². The topological polar surface area (TPSA) is 95.1 Å². The van der Waals surface area contributed by atoms with E-state index in [4.69, 9.17) is 18.9 Å². The van der Waals surface area contributed by atoms with Crippen LogP contribution in [0.2, 0.25) is 0 Å². The highest BCUT2D eigenvalue weighted by molar-refractivity contribution is 6.01. The Morgan fingerprint density at radius 3 is 2.00 bits per heavy atom. The molecule has 2 aromatic rings. The number of methoxy groups -OCH3 is 3. The van der Waals surface area contributed by atoms with Gasteiger partial charge in [0.05, 0.1) is 33.5 Å². The van der Waals surface area contributed by atoms with Crippen molar-refractivity contribution in [3.05, 3.63) is 47.5 Å². The fourth-order valence-electron chi connectivity index (χ4n) is 2.40. The van der Waals surface area contributed by atoms with Gasteiger partial charge in [0.2, 0.25) is 5.75 Å². The number of hydrogen-bond donors (Lipinski definition) is 2. The first kappa shape index (κ1) is 19.9. The van der Waals surface area contributed by atoms with Crippen molar-refractivity contribution in [3.8, 4) is 23.0 Å². The summed E-state index contributed by atoms with van der Waals surface area (Å²) in [6, 6.07) is 9.64. The number of ether oxygens (including phenoxy) is 4. The van der Waals surface area contributed by atoms with E-state index in [0.717, 1.165) is 0 Å². The quantitative estimate of drug-likeness (QED) is 0.722. The first-order chi connectivity index (χ1) is 13.0. The molecule has 0 bridgehead atoms. The molecule has 0 heterocycles. The lowest BCUT2D eigenvalue weighted by molar-refractivity contribution is 0.0844. The fraction of sp³-hybridized carbons (Fsp3) is 0.263. The van der Waals surface area contributed by atoms with Crippen LogP contribution >= 0.6 is 0 Å². The number of rotatable bonds is 7. The Morgan fingerprint density at radius 1 is 0.815 bits per heavy atom. The lowest BCUT2D eigenvalue weighted by atomic mass is 10.1. The van der Waals surface area contributed by atoms with Gasteiger partial charge in [-0.3, -0.25) is 20.4 Å². The molecule has 0 spiro atoms. The van der Waals surface area contributed by atoms with Crippen molar-refractivity contribution in [2.24, 2.45) is 0 Å². The van der Waals surface area contributed by atoms with Crippen molar-refractivity contribution in [2.75, 3.05) is 27.9 Å². The Morgan fingerprint density at radius 2 is 1.44 bits per heavy atom. The number of carbonyl (C=O) groups is 2. The molecule has 144 valence electrons. The van der Waals surface area contributed by atoms with Crippen molar-refractivity contribution in [3.63, 3.8) is 0 Å². The molecule has 0 fully saturated rings. The first-order valence-electron chi connectivity index (χ1n) is 8.18. The Kier molecular flexibility index (Phi) is 6.87. The normalized spacial score (nSPS) is 9.93. The predicted octanol–water partition coefficient (Wildman–Crippen LogP) is 2.19. The minimum atomic E-state index is -0.563. The van der Waals surface area contributed by atoms with E-state index >= 15 is 0 Å². The van der Waals surface area contributed by atoms with Crippen LogP contribution in [0.1, 0.15) is 27.6 Å². The molecule has 2 aromatic carbocycles. The largest absolute Gasteiger partial charge is 0.494 e. The number of hydrogen-bond acceptors (Lipinski definition) is 6. The SMILES string of the molecule is CCOc1ccc(C(=O)NNC(=O)c2ccc(OC)c(OC)c2OC)cc1. The van der Waals surface area contributed by atoms with Crippen LogP contribution in [0.15, 0.2) is 36.4 Å². The maximum absolute atomic E-state index is 12.4. The zero-order valence-corrected chi connectivity index (χ0v) is 15.6. The molecule has 0 aliphatic carbocycles. The molecule has 0 radical (unpaired) electrons. The van der Waals surface area contributed by atoms with Gasteiger partial charge in [-0.2, -0.15) is 0 Å². The highest BCUT2D eigenvalue weighted by Gasteiger charge is 2.21. The van der Waals surface area contributed by atoms with E-state index in [1.165, 1.54) is 27.4 Å². The van der Waals surface area contributed by atoms with Crippen LogP contribution in [0.4, 0.5) is 0 Å². The summed E-state index contributed by atoms with van der Waals surface area (Å²) in [5.74, 6) is 0.533. The van der Waals surface area contributed by atoms with Crippen LogP contribution in [0.5, 0.6) is 23.0 Å². The standard InChI is InChI=1S/C19H22N2O6/c1-5-27-13-8-6-12(7-9-13)18(22)20-21-19(23)14-10-11-15(24-2)17(26-4)16(14)25-3/h6-11H,5H2,1-4H3,(H,20,22)(H,21,23). The number of amides is 2. The number of carbonyl (C=O) groups excluding carboxylic acids is 2. The average Bonchev–Trinajstić information content (AvgIpc) is 2.71. The number of benzene rings is 2. The van der Waals surface area contributed by atoms with Crippen molar-refractivity contribution < 1.29 is 28.5 Å². The van der Waals surface area contributed by atoms with E-state index in [0.29, 0.717) is 23.7 Å². The molecule has 0 aromatic heterocycles. The van der Waals surface area contributed by atoms with Gasteiger partial charge in [0.1, 0.15) is 5.75 Å². The molecule has 2 N–H and O–H groups in total. The van der Waals surface area contributed by atoms with E-state index in [2.05, 4.69) is 10.9 Å². The van der Waals surface area contributed by atoms with E-state index in [9.17, 15) is 9.59 Å². The Bertz CT molecular complexity index is 805. The second-order valence-electron chi connectivity index (χ2n) is 5.25. The molecule has 2 rings (SSSR count). The molecule has 0 unspecified atom stereocenters. The minimum Gasteiger partial charge on any atom is -0.494 e. The summed E-state index contributed by atoms with van der Waals surface area (Å²) < 4.78 is 21.0. The predicted molar refractivity (Wildman–Crippen MR) is 98.6 cm³/mol. The van der Waals surface area contributed by atoms with E-state index < -0.39 is 11.8 Å². The van der Waals surface area contributed by atoms with Gasteiger partial charge in [-0.05, 0) is 43.3 Å². The minimum absolute atomic E-state index is 0.183. The third-order valence-electron chi connectivity index (χ3n) is 3.67. The molecule has 2 amide bonds. The Balaban J connectivity index is 2.10. The maximum atomic E-state index is 12.4. The van der Waals surface area contributed by atoms with Gasteiger partial charge in [0.25, 0.3) is 11.8 Å². The van der Waals surface area contributed by atoms with Gasteiger partial charge in [0.15, 0.2) is 11.5 Å². The molecule has 0 aliphatic rings. The van der Waals surface area contributed by atoms with E-state index in [1.807, 2.05) is 6.92 Å². The summed E-state index contributed by atoms with van der Waals surface area (Å²) >= 11 is 0. The molecule has 0 saturated carbocycles. The molecule has 8 heteroatoms. The zero-order valence-electron chi connectivity index (χ0n) is 15.6. The molecule has 8 nitrogen and oxygen atoms in total. The van der Waals surface area contributed by atoms with Crippen LogP contribution in [0, 0.1) is 0 Å². The zero-order chi connectivity index (χ0) is 19.8. The highest BCUT2D eigenvalue weighted by atomic mass is 16.5. The number of nitrogens with one attached hydrogen (secondary N) is 2. The summed E-state index contributed by atoms with van der Waals surface area (Å²) in [6.07, 6.45) is 0. The van der Waals surface area contributed by atoms with Gasteiger partial charge >= 0.3 is 0 Å². The van der Waals surface area contributed by atoms with Gasteiger partial charge < -0.3 is 18.9 Å². The lowest BCUT2D eigenvalue weighted by Crippen LogP contribution is -2.41. The van der Waals surface area contributed by atoms with Crippen molar-refractivity contribution in [1.82, 2.24) is 10.9 Å². The summed E-state index contributed by atoms with van der Waals surface area (Å²) in [5, 5.41) is 0. The molecule has 0 aliphatic heterocycles. The van der Waals surface area contributed by atoms with Crippen LogP contribution in [-0.2, 0) is 0 Å². The molecule has 0 atom stereocenters. The van der Waals surface area contributed by atoms with Gasteiger partial charge in [-0.25, -0.2) is 0 Å². The number of hydrazine groups is 1. The van der Waals surface area contributed by atoms with Crippen LogP contribution < -0.4 is 29.8 Å². The summed E-state index contributed by atoms with van der Waals surface area (Å²) in [4.78, 5) is 24.6. The van der Waals surface area contributed by atoms with Gasteiger partial charge in [-0.1, -0.05) is 0 Å². The van der Waals surface area contributed by atoms with Crippen molar-refractivity contribution in [1.29, 1.82) is 0 Å². The van der Waals surface area contributed by atoms with Crippen molar-refractivity contribution in [2.45, 2.75) is 6.92 Å². The fourth-order valence-corrected chi connectivity index (χ4v) is 2.40. The molecular formula is C19H22N2O6. The molecule has 27 heavy (non-hydrogen) atoms. The van der Waals surface area contributed by atoms with E-state index in [-0.39, 0.29) is 17.1 Å². The van der Waals surface area contributed by atoms with Crippen LogP contribution in [0.3, 0.4) is 0 Å². The van der Waals surface area contributed by atoms with Gasteiger partial charge in [-0.15, -0.1) is 0 Å². The summed E-state index contributed by atoms with van der Waals surface area (Å²) in [7, 11) is 4.33. The van der Waals surface area contributed by atoms with Gasteiger partial charge in [0, 0.05) is 5.56 Å². The molecule has 0 saturated heterocycles. The first-order valence-corrected chi connectivity index (χ1v) is 8.18. The Hall–Kier alpha value is -3.42. The third-order valence-corrected chi connectivity index (χ3v) is 3.67. The van der Waals surface area contributed by atoms with Crippen LogP contribution in [0.25, 0.3) is 0 Å². The van der Waals surface area contributed by atoms with Crippen LogP contribution in [-0.4, -0.2) is 39.8 Å². The smallest absolute Gasteiger partial charge is 0.273 e. The maximum Gasteiger partial charge on any atom is 0.273 e. The summed E-state index contributed by atoms with van der Waals surface area (Å²) in [5.41, 5.74) is 5.27. The monoisotopic (exact) mass is 374 g/mol. The second kappa shape index (κ2) is 9.33. The third kappa shape index (κ3) is 4.60. The summed E-state index contributed by atoms with van der Waals surface area (Å²) in [6.45, 7) is 2.41. The second-order valence-corrected chi connectivity index (χ2v) is 5.25. The lowest BCUT2D eigenvalue weighted by Gasteiger charge is -2.15. The highest BCUT2D eigenvalue weighted by Crippen LogP contribution is 2.39. The van der Waals surface area contributed by atoms with Crippen molar-refractivity contribution >= 4 is 11.8 Å². The van der Waals surface area contributed by atoms with E-state index in [1.54, 1.807) is 30.3 Å². The average molecular weight is 374 g/mol. The molecular weight excluding hydrogens is 352 g/mol.